The van der Waals surface area contributed by atoms with E-state index < -0.39 is 10.0 Å². The monoisotopic (exact) mass is 410 g/mol. The highest BCUT2D eigenvalue weighted by Gasteiger charge is 2.21. The van der Waals surface area contributed by atoms with Crippen molar-refractivity contribution in [2.24, 2.45) is 0 Å². The van der Waals surface area contributed by atoms with Crippen molar-refractivity contribution in [2.75, 3.05) is 19.5 Å². The second-order valence-electron chi connectivity index (χ2n) is 6.45. The van der Waals surface area contributed by atoms with Crippen LogP contribution in [0.3, 0.4) is 0 Å². The van der Waals surface area contributed by atoms with Gasteiger partial charge >= 0.3 is 0 Å². The molecule has 29 heavy (non-hydrogen) atoms. The van der Waals surface area contributed by atoms with Gasteiger partial charge in [-0.25, -0.2) is 8.42 Å². The zero-order valence-electron chi connectivity index (χ0n) is 16.2. The average Bonchev–Trinajstić information content (AvgIpc) is 2.75. The average molecular weight is 410 g/mol. The van der Waals surface area contributed by atoms with E-state index in [1.54, 1.807) is 50.6 Å². The van der Waals surface area contributed by atoms with E-state index in [9.17, 15) is 13.2 Å². The lowest BCUT2D eigenvalue weighted by Crippen LogP contribution is -2.26. The molecule has 3 rings (SSSR count). The van der Waals surface area contributed by atoms with Crippen LogP contribution in [0.5, 0.6) is 5.75 Å². The molecule has 3 aromatic rings. The summed E-state index contributed by atoms with van der Waals surface area (Å²) in [5.74, 6) is 0.375. The first-order chi connectivity index (χ1) is 13.9. The van der Waals surface area contributed by atoms with Gasteiger partial charge in [0.15, 0.2) is 0 Å². The summed E-state index contributed by atoms with van der Waals surface area (Å²) in [4.78, 5) is 12.5. The molecule has 150 valence electrons. The third kappa shape index (κ3) is 5.01. The fourth-order valence-electron chi connectivity index (χ4n) is 2.76. The van der Waals surface area contributed by atoms with Gasteiger partial charge in [0.25, 0.3) is 5.91 Å². The standard InChI is InChI=1S/C22H22N2O4S/c1-24(16-17-6-4-3-5-7-17)29(26,27)21-14-10-19(11-15-21)23-22(25)18-8-12-20(28-2)13-9-18/h3-15H,16H2,1-2H3,(H,23,25). The molecule has 0 aromatic heterocycles. The maximum Gasteiger partial charge on any atom is 0.255 e. The van der Waals surface area contributed by atoms with Crippen molar-refractivity contribution >= 4 is 21.6 Å². The van der Waals surface area contributed by atoms with E-state index in [0.29, 0.717) is 17.0 Å². The molecule has 6 nitrogen and oxygen atoms in total. The Labute approximate surface area is 170 Å². The molecule has 7 heteroatoms. The van der Waals surface area contributed by atoms with Gasteiger partial charge in [0, 0.05) is 24.8 Å². The van der Waals surface area contributed by atoms with Gasteiger partial charge in [-0.1, -0.05) is 30.3 Å². The summed E-state index contributed by atoms with van der Waals surface area (Å²) in [5.41, 5.74) is 1.89. The van der Waals surface area contributed by atoms with Gasteiger partial charge < -0.3 is 10.1 Å². The van der Waals surface area contributed by atoms with Crippen molar-refractivity contribution in [2.45, 2.75) is 11.4 Å². The number of sulfonamides is 1. The summed E-state index contributed by atoms with van der Waals surface area (Å²) in [7, 11) is -0.535. The number of nitrogens with zero attached hydrogens (tertiary/aromatic N) is 1. The summed E-state index contributed by atoms with van der Waals surface area (Å²) < 4.78 is 31.9. The predicted molar refractivity (Wildman–Crippen MR) is 112 cm³/mol. The minimum absolute atomic E-state index is 0.165. The molecule has 0 atom stereocenters. The van der Waals surface area contributed by atoms with E-state index in [2.05, 4.69) is 5.32 Å². The number of carbonyl (C=O) groups excluding carboxylic acids is 1. The number of carbonyl (C=O) groups is 1. The number of rotatable bonds is 7. The molecular formula is C22H22N2O4S. The molecule has 0 radical (unpaired) electrons. The van der Waals surface area contributed by atoms with Gasteiger partial charge in [-0.2, -0.15) is 4.31 Å². The van der Waals surface area contributed by atoms with Gasteiger partial charge in [0.1, 0.15) is 5.75 Å². The second-order valence-corrected chi connectivity index (χ2v) is 8.50. The maximum atomic E-state index is 12.8. The Kier molecular flexibility index (Phi) is 6.31. The summed E-state index contributed by atoms with van der Waals surface area (Å²) in [6.45, 7) is 0.277. The minimum Gasteiger partial charge on any atom is -0.497 e. The van der Waals surface area contributed by atoms with Gasteiger partial charge in [0.05, 0.1) is 12.0 Å². The van der Waals surface area contributed by atoms with Crippen molar-refractivity contribution < 1.29 is 17.9 Å². The summed E-state index contributed by atoms with van der Waals surface area (Å²) in [5, 5.41) is 2.76. The molecule has 0 aliphatic rings. The first kappa shape index (κ1) is 20.6. The third-order valence-electron chi connectivity index (χ3n) is 4.42. The molecular weight excluding hydrogens is 388 g/mol. The van der Waals surface area contributed by atoms with Crippen molar-refractivity contribution in [3.05, 3.63) is 90.0 Å². The fourth-order valence-corrected chi connectivity index (χ4v) is 3.92. The Balaban J connectivity index is 1.69. The molecule has 0 bridgehead atoms. The Morgan fingerprint density at radius 2 is 1.55 bits per heavy atom. The minimum atomic E-state index is -3.64. The van der Waals surface area contributed by atoms with Crippen LogP contribution in [0.15, 0.2) is 83.8 Å². The van der Waals surface area contributed by atoms with Crippen molar-refractivity contribution in [1.29, 1.82) is 0 Å². The molecule has 0 fully saturated rings. The number of amides is 1. The first-order valence-corrected chi connectivity index (χ1v) is 10.4. The molecule has 3 aromatic carbocycles. The van der Waals surface area contributed by atoms with Crippen molar-refractivity contribution in [3.8, 4) is 5.75 Å². The lowest BCUT2D eigenvalue weighted by molar-refractivity contribution is 0.102. The number of anilines is 1. The number of benzene rings is 3. The second kappa shape index (κ2) is 8.89. The number of hydrogen-bond acceptors (Lipinski definition) is 4. The molecule has 1 N–H and O–H groups in total. The van der Waals surface area contributed by atoms with E-state index in [1.807, 2.05) is 30.3 Å². The molecule has 0 aliphatic heterocycles. The van der Waals surface area contributed by atoms with Crippen LogP contribution in [0.25, 0.3) is 0 Å². The summed E-state index contributed by atoms with van der Waals surface area (Å²) >= 11 is 0. The van der Waals surface area contributed by atoms with Crippen LogP contribution in [-0.2, 0) is 16.6 Å². The molecule has 0 aliphatic carbocycles. The predicted octanol–water partition coefficient (Wildman–Crippen LogP) is 3.77. The topological polar surface area (TPSA) is 75.7 Å². The van der Waals surface area contributed by atoms with E-state index in [-0.39, 0.29) is 17.3 Å². The van der Waals surface area contributed by atoms with Gasteiger partial charge in [0.2, 0.25) is 10.0 Å². The molecule has 0 unspecified atom stereocenters. The fraction of sp³-hybridized carbons (Fsp3) is 0.136. The molecule has 0 saturated carbocycles. The van der Waals surface area contributed by atoms with Crippen LogP contribution in [-0.4, -0.2) is 32.8 Å². The van der Waals surface area contributed by atoms with E-state index in [0.717, 1.165) is 5.56 Å². The summed E-state index contributed by atoms with van der Waals surface area (Å²) in [6, 6.07) is 22.2. The van der Waals surface area contributed by atoms with Crippen LogP contribution in [0.4, 0.5) is 5.69 Å². The number of hydrogen-bond donors (Lipinski definition) is 1. The highest BCUT2D eigenvalue weighted by Crippen LogP contribution is 2.20. The van der Waals surface area contributed by atoms with Gasteiger partial charge in [-0.15, -0.1) is 0 Å². The van der Waals surface area contributed by atoms with E-state index in [1.165, 1.54) is 16.4 Å². The van der Waals surface area contributed by atoms with Gasteiger partial charge in [-0.05, 0) is 54.1 Å². The zero-order chi connectivity index (χ0) is 20.9. The number of methoxy groups -OCH3 is 1. The van der Waals surface area contributed by atoms with Gasteiger partial charge in [-0.3, -0.25) is 4.79 Å². The normalized spacial score (nSPS) is 11.3. The third-order valence-corrected chi connectivity index (χ3v) is 6.24. The Morgan fingerprint density at radius 3 is 2.14 bits per heavy atom. The molecule has 0 heterocycles. The lowest BCUT2D eigenvalue weighted by atomic mass is 10.2. The van der Waals surface area contributed by atoms with Crippen LogP contribution >= 0.6 is 0 Å². The Bertz CT molecular complexity index is 1060. The van der Waals surface area contributed by atoms with Crippen LogP contribution < -0.4 is 10.1 Å². The highest BCUT2D eigenvalue weighted by atomic mass is 32.2. The van der Waals surface area contributed by atoms with Crippen LogP contribution in [0.2, 0.25) is 0 Å². The lowest BCUT2D eigenvalue weighted by Gasteiger charge is -2.17. The van der Waals surface area contributed by atoms with Crippen LogP contribution in [0.1, 0.15) is 15.9 Å². The number of ether oxygens (including phenoxy) is 1. The quantitative estimate of drug-likeness (QED) is 0.643. The first-order valence-electron chi connectivity index (χ1n) is 8.96. The molecule has 0 spiro atoms. The Morgan fingerprint density at radius 1 is 0.931 bits per heavy atom. The molecule has 1 amide bonds. The van der Waals surface area contributed by atoms with E-state index in [4.69, 9.17) is 4.74 Å². The van der Waals surface area contributed by atoms with Crippen LogP contribution in [0, 0.1) is 0 Å². The van der Waals surface area contributed by atoms with Crippen molar-refractivity contribution in [1.82, 2.24) is 4.31 Å². The molecule has 0 saturated heterocycles. The van der Waals surface area contributed by atoms with E-state index >= 15 is 0 Å². The smallest absolute Gasteiger partial charge is 0.255 e. The zero-order valence-corrected chi connectivity index (χ0v) is 17.0. The summed E-state index contributed by atoms with van der Waals surface area (Å²) in [6.07, 6.45) is 0. The highest BCUT2D eigenvalue weighted by molar-refractivity contribution is 7.89. The SMILES string of the molecule is COc1ccc(C(=O)Nc2ccc(S(=O)(=O)N(C)Cc3ccccc3)cc2)cc1. The Hall–Kier alpha value is -3.16. The number of nitrogens with one attached hydrogen (secondary N) is 1. The largest absolute Gasteiger partial charge is 0.497 e. The van der Waals surface area contributed by atoms with Crippen molar-refractivity contribution in [3.63, 3.8) is 0 Å². The maximum absolute atomic E-state index is 12.8.